The zero-order valence-electron chi connectivity index (χ0n) is 14.2. The lowest BCUT2D eigenvalue weighted by atomic mass is 10.1. The average molecular weight is 353 g/mol. The number of nitrogens with zero attached hydrogens (tertiary/aromatic N) is 1. The molecule has 136 valence electrons. The number of hydrogen-bond acceptors (Lipinski definition) is 5. The van der Waals surface area contributed by atoms with E-state index in [-0.39, 0.29) is 24.3 Å². The van der Waals surface area contributed by atoms with E-state index in [0.717, 1.165) is 6.07 Å². The van der Waals surface area contributed by atoms with Gasteiger partial charge in [-0.05, 0) is 39.0 Å². The van der Waals surface area contributed by atoms with E-state index < -0.39 is 35.6 Å². The molecule has 3 N–H and O–H groups in total. The van der Waals surface area contributed by atoms with E-state index in [1.54, 1.807) is 20.8 Å². The average Bonchev–Trinajstić information content (AvgIpc) is 2.84. The summed E-state index contributed by atoms with van der Waals surface area (Å²) in [5.41, 5.74) is 4.37. The van der Waals surface area contributed by atoms with Gasteiger partial charge in [-0.1, -0.05) is 0 Å². The fraction of sp³-hybridized carbons (Fsp3) is 0.438. The Kier molecular flexibility index (Phi) is 5.15. The second-order valence-corrected chi connectivity index (χ2v) is 6.53. The quantitative estimate of drug-likeness (QED) is 0.857. The van der Waals surface area contributed by atoms with Crippen LogP contribution in [0, 0.1) is 5.82 Å². The number of ether oxygens (including phenoxy) is 2. The van der Waals surface area contributed by atoms with Gasteiger partial charge in [0, 0.05) is 0 Å². The van der Waals surface area contributed by atoms with Crippen LogP contribution in [0.2, 0.25) is 0 Å². The highest BCUT2D eigenvalue weighted by Crippen LogP contribution is 2.23. The number of amides is 3. The van der Waals surface area contributed by atoms with E-state index in [1.807, 2.05) is 0 Å². The Morgan fingerprint density at radius 2 is 2.12 bits per heavy atom. The molecule has 25 heavy (non-hydrogen) atoms. The van der Waals surface area contributed by atoms with Gasteiger partial charge in [0.1, 0.15) is 17.5 Å². The molecule has 3 amide bonds. The molecular weight excluding hydrogens is 333 g/mol. The normalized spacial score (nSPS) is 17.2. The summed E-state index contributed by atoms with van der Waals surface area (Å²) in [5, 5.41) is 2.51. The lowest BCUT2D eigenvalue weighted by Crippen LogP contribution is -2.38. The highest BCUT2D eigenvalue weighted by Gasteiger charge is 2.33. The summed E-state index contributed by atoms with van der Waals surface area (Å²) < 4.78 is 24.1. The van der Waals surface area contributed by atoms with Gasteiger partial charge in [-0.2, -0.15) is 0 Å². The molecule has 0 aliphatic carbocycles. The van der Waals surface area contributed by atoms with Crippen molar-refractivity contribution in [1.82, 2.24) is 5.32 Å². The molecule has 0 radical (unpaired) electrons. The molecule has 1 fully saturated rings. The van der Waals surface area contributed by atoms with Gasteiger partial charge in [0.15, 0.2) is 0 Å². The Hall–Kier alpha value is -2.84. The Morgan fingerprint density at radius 1 is 1.44 bits per heavy atom. The molecule has 8 nitrogen and oxygen atoms in total. The summed E-state index contributed by atoms with van der Waals surface area (Å²) in [6.45, 7) is 5.36. The maximum atomic E-state index is 13.8. The SMILES string of the molecule is CC(C)(C)OC(=O)NCC1CN(c2ccc(C(N)=O)c(F)c2)C(=O)O1. The monoisotopic (exact) mass is 353 g/mol. The summed E-state index contributed by atoms with van der Waals surface area (Å²) in [6, 6.07) is 3.63. The lowest BCUT2D eigenvalue weighted by Gasteiger charge is -2.20. The predicted molar refractivity (Wildman–Crippen MR) is 86.8 cm³/mol. The van der Waals surface area contributed by atoms with Crippen LogP contribution >= 0.6 is 0 Å². The number of primary amides is 1. The lowest BCUT2D eigenvalue weighted by molar-refractivity contribution is 0.0496. The van der Waals surface area contributed by atoms with E-state index >= 15 is 0 Å². The molecule has 1 saturated heterocycles. The maximum Gasteiger partial charge on any atom is 0.414 e. The summed E-state index contributed by atoms with van der Waals surface area (Å²) in [7, 11) is 0. The first-order valence-corrected chi connectivity index (χ1v) is 7.61. The van der Waals surface area contributed by atoms with Crippen molar-refractivity contribution in [3.63, 3.8) is 0 Å². The van der Waals surface area contributed by atoms with Gasteiger partial charge in [-0.15, -0.1) is 0 Å². The van der Waals surface area contributed by atoms with E-state index in [9.17, 15) is 18.8 Å². The number of nitrogens with one attached hydrogen (secondary N) is 1. The number of halogens is 1. The van der Waals surface area contributed by atoms with E-state index in [0.29, 0.717) is 0 Å². The third kappa shape index (κ3) is 4.82. The minimum Gasteiger partial charge on any atom is -0.444 e. The third-order valence-corrected chi connectivity index (χ3v) is 3.28. The molecule has 0 aromatic heterocycles. The number of nitrogens with two attached hydrogens (primary N) is 1. The van der Waals surface area contributed by atoms with Crippen LogP contribution < -0.4 is 16.0 Å². The van der Waals surface area contributed by atoms with Crippen LogP contribution in [0.1, 0.15) is 31.1 Å². The van der Waals surface area contributed by atoms with Gasteiger partial charge in [0.25, 0.3) is 5.91 Å². The number of alkyl carbamates (subject to hydrolysis) is 1. The largest absolute Gasteiger partial charge is 0.444 e. The van der Waals surface area contributed by atoms with Crippen LogP contribution in [-0.2, 0) is 9.47 Å². The van der Waals surface area contributed by atoms with Gasteiger partial charge in [-0.25, -0.2) is 14.0 Å². The summed E-state index contributed by atoms with van der Waals surface area (Å²) in [4.78, 5) is 35.8. The first-order valence-electron chi connectivity index (χ1n) is 7.61. The molecule has 0 bridgehead atoms. The number of rotatable bonds is 4. The van der Waals surface area contributed by atoms with Crippen molar-refractivity contribution in [2.45, 2.75) is 32.5 Å². The van der Waals surface area contributed by atoms with Crippen LogP contribution in [0.15, 0.2) is 18.2 Å². The number of benzene rings is 1. The van der Waals surface area contributed by atoms with E-state index in [4.69, 9.17) is 15.2 Å². The molecule has 1 aromatic rings. The Balaban J connectivity index is 1.97. The van der Waals surface area contributed by atoms with Gasteiger partial charge in [0.2, 0.25) is 0 Å². The fourth-order valence-corrected chi connectivity index (χ4v) is 2.22. The smallest absolute Gasteiger partial charge is 0.414 e. The summed E-state index contributed by atoms with van der Waals surface area (Å²) in [5.74, 6) is -1.72. The van der Waals surface area contributed by atoms with Crippen molar-refractivity contribution >= 4 is 23.8 Å². The van der Waals surface area contributed by atoms with Crippen LogP contribution in [0.4, 0.5) is 19.7 Å². The van der Waals surface area contributed by atoms with Crippen molar-refractivity contribution in [2.24, 2.45) is 5.73 Å². The topological polar surface area (TPSA) is 111 Å². The number of carbonyl (C=O) groups excluding carboxylic acids is 3. The maximum absolute atomic E-state index is 13.8. The van der Waals surface area contributed by atoms with Crippen molar-refractivity contribution in [2.75, 3.05) is 18.0 Å². The molecule has 0 spiro atoms. The van der Waals surface area contributed by atoms with Crippen LogP contribution in [0.3, 0.4) is 0 Å². The molecule has 1 aliphatic rings. The summed E-state index contributed by atoms with van der Waals surface area (Å²) in [6.07, 6.45) is -1.92. The first kappa shape index (κ1) is 18.5. The van der Waals surface area contributed by atoms with Crippen LogP contribution in [0.5, 0.6) is 0 Å². The predicted octanol–water partition coefficient (Wildman–Crippen LogP) is 1.77. The molecule has 2 rings (SSSR count). The zero-order chi connectivity index (χ0) is 18.8. The second kappa shape index (κ2) is 6.96. The summed E-state index contributed by atoms with van der Waals surface area (Å²) >= 11 is 0. The van der Waals surface area contributed by atoms with Gasteiger partial charge in [0.05, 0.1) is 24.3 Å². The number of hydrogen-bond donors (Lipinski definition) is 2. The fourth-order valence-electron chi connectivity index (χ4n) is 2.22. The number of carbonyl (C=O) groups is 3. The molecular formula is C16H20FN3O5. The first-order chi connectivity index (χ1) is 11.6. The standard InChI is InChI=1S/C16H20FN3O5/c1-16(2,3)25-14(22)19-7-10-8-20(15(23)24-10)9-4-5-11(13(18)21)12(17)6-9/h4-6,10H,7-8H2,1-3H3,(H2,18,21)(H,19,22). The van der Waals surface area contributed by atoms with Crippen LogP contribution in [0.25, 0.3) is 0 Å². The molecule has 1 atom stereocenters. The van der Waals surface area contributed by atoms with Gasteiger partial charge < -0.3 is 20.5 Å². The molecule has 1 heterocycles. The zero-order valence-corrected chi connectivity index (χ0v) is 14.2. The Morgan fingerprint density at radius 3 is 2.68 bits per heavy atom. The minimum absolute atomic E-state index is 0.0546. The molecule has 0 saturated carbocycles. The molecule has 1 aliphatic heterocycles. The van der Waals surface area contributed by atoms with Crippen molar-refractivity contribution < 1.29 is 28.2 Å². The van der Waals surface area contributed by atoms with E-state index in [2.05, 4.69) is 5.32 Å². The highest BCUT2D eigenvalue weighted by molar-refractivity contribution is 5.95. The third-order valence-electron chi connectivity index (χ3n) is 3.28. The molecule has 1 unspecified atom stereocenters. The Bertz CT molecular complexity index is 702. The minimum atomic E-state index is -0.896. The molecule has 9 heteroatoms. The van der Waals surface area contributed by atoms with E-state index in [1.165, 1.54) is 17.0 Å². The number of anilines is 1. The Labute approximate surface area is 144 Å². The van der Waals surface area contributed by atoms with Gasteiger partial charge in [-0.3, -0.25) is 9.69 Å². The molecule has 1 aromatic carbocycles. The van der Waals surface area contributed by atoms with Crippen molar-refractivity contribution in [3.05, 3.63) is 29.6 Å². The highest BCUT2D eigenvalue weighted by atomic mass is 19.1. The second-order valence-electron chi connectivity index (χ2n) is 6.53. The van der Waals surface area contributed by atoms with Crippen molar-refractivity contribution in [1.29, 1.82) is 0 Å². The van der Waals surface area contributed by atoms with Gasteiger partial charge >= 0.3 is 12.2 Å². The van der Waals surface area contributed by atoms with Crippen molar-refractivity contribution in [3.8, 4) is 0 Å². The van der Waals surface area contributed by atoms with Crippen LogP contribution in [-0.4, -0.2) is 42.9 Å². The number of cyclic esters (lactones) is 1.